The van der Waals surface area contributed by atoms with Gasteiger partial charge >= 0.3 is 6.01 Å². The molecule has 0 bridgehead atoms. The molecule has 0 N–H and O–H groups in total. The van der Waals surface area contributed by atoms with Crippen LogP contribution in [0, 0.1) is 0 Å². The lowest BCUT2D eigenvalue weighted by Crippen LogP contribution is -2.44. The van der Waals surface area contributed by atoms with Crippen LogP contribution in [0.2, 0.25) is 5.02 Å². The van der Waals surface area contributed by atoms with Gasteiger partial charge in [-0.15, -0.1) is 0 Å². The van der Waals surface area contributed by atoms with Crippen LogP contribution in [0.3, 0.4) is 0 Å². The van der Waals surface area contributed by atoms with Gasteiger partial charge < -0.3 is 4.74 Å². The molecule has 1 fully saturated rings. The van der Waals surface area contributed by atoms with Crippen molar-refractivity contribution in [3.63, 3.8) is 0 Å². The van der Waals surface area contributed by atoms with Gasteiger partial charge in [0.15, 0.2) is 0 Å². The Hall–Kier alpha value is -0.920. The Bertz CT molecular complexity index is 506. The predicted octanol–water partition coefficient (Wildman–Crippen LogP) is 0.933. The van der Waals surface area contributed by atoms with Crippen molar-refractivity contribution in [1.29, 1.82) is 0 Å². The summed E-state index contributed by atoms with van der Waals surface area (Å²) in [4.78, 5) is 7.85. The molecule has 0 saturated carbocycles. The van der Waals surface area contributed by atoms with Gasteiger partial charge in [-0.2, -0.15) is 4.31 Å². The Morgan fingerprint density at radius 2 is 2.11 bits per heavy atom. The molecule has 6 nitrogen and oxygen atoms in total. The minimum Gasteiger partial charge on any atom is -0.459 e. The van der Waals surface area contributed by atoms with Crippen LogP contribution in [0.25, 0.3) is 0 Å². The van der Waals surface area contributed by atoms with E-state index in [9.17, 15) is 8.42 Å². The van der Waals surface area contributed by atoms with Crippen LogP contribution in [0.15, 0.2) is 12.4 Å². The van der Waals surface area contributed by atoms with E-state index >= 15 is 0 Å². The molecule has 18 heavy (non-hydrogen) atoms. The standard InChI is InChI=1S/C10H14ClN3O3S/c1-18(15,16)14-4-2-3-9(7-14)17-10-12-5-8(11)6-13-10/h5-6,9H,2-4,7H2,1H3/t9-/m1/s1. The zero-order valence-corrected chi connectivity index (χ0v) is 11.5. The first kappa shape index (κ1) is 13.5. The van der Waals surface area contributed by atoms with E-state index in [0.717, 1.165) is 12.8 Å². The van der Waals surface area contributed by atoms with Crippen LogP contribution >= 0.6 is 11.6 Å². The summed E-state index contributed by atoms with van der Waals surface area (Å²) in [6.45, 7) is 0.880. The summed E-state index contributed by atoms with van der Waals surface area (Å²) >= 11 is 5.67. The van der Waals surface area contributed by atoms with Gasteiger partial charge in [0.05, 0.1) is 30.2 Å². The minimum absolute atomic E-state index is 0.213. The topological polar surface area (TPSA) is 72.4 Å². The first-order valence-electron chi connectivity index (χ1n) is 5.54. The van der Waals surface area contributed by atoms with Gasteiger partial charge in [0.2, 0.25) is 10.0 Å². The maximum atomic E-state index is 11.5. The van der Waals surface area contributed by atoms with Gasteiger partial charge in [0, 0.05) is 6.54 Å². The van der Waals surface area contributed by atoms with Crippen molar-refractivity contribution in [2.75, 3.05) is 19.3 Å². The first-order valence-corrected chi connectivity index (χ1v) is 7.77. The highest BCUT2D eigenvalue weighted by Crippen LogP contribution is 2.17. The molecule has 0 spiro atoms. The normalized spacial score (nSPS) is 21.8. The Labute approximate surface area is 111 Å². The van der Waals surface area contributed by atoms with Crippen molar-refractivity contribution in [1.82, 2.24) is 14.3 Å². The van der Waals surface area contributed by atoms with Gasteiger partial charge in [0.25, 0.3) is 0 Å². The number of aromatic nitrogens is 2. The average Bonchev–Trinajstić information content (AvgIpc) is 2.31. The van der Waals surface area contributed by atoms with Crippen LogP contribution in [0.1, 0.15) is 12.8 Å². The second kappa shape index (κ2) is 5.38. The molecule has 100 valence electrons. The fourth-order valence-corrected chi connectivity index (χ4v) is 2.81. The molecule has 2 heterocycles. The molecule has 1 saturated heterocycles. The van der Waals surface area contributed by atoms with Gasteiger partial charge in [-0.25, -0.2) is 18.4 Å². The average molecular weight is 292 g/mol. The fourth-order valence-electron chi connectivity index (χ4n) is 1.81. The molecule has 1 aliphatic rings. The van der Waals surface area contributed by atoms with Crippen molar-refractivity contribution in [2.45, 2.75) is 18.9 Å². The zero-order chi connectivity index (χ0) is 13.2. The summed E-state index contributed by atoms with van der Waals surface area (Å²) in [5, 5.41) is 0.434. The van der Waals surface area contributed by atoms with Gasteiger partial charge in [-0.3, -0.25) is 0 Å². The Kier molecular flexibility index (Phi) is 4.04. The monoisotopic (exact) mass is 291 g/mol. The number of nitrogens with zero attached hydrogens (tertiary/aromatic N) is 3. The molecule has 0 unspecified atom stereocenters. The van der Waals surface area contributed by atoms with E-state index in [-0.39, 0.29) is 12.1 Å². The van der Waals surface area contributed by atoms with Crippen LogP contribution in [-0.4, -0.2) is 48.1 Å². The molecule has 1 atom stereocenters. The first-order chi connectivity index (χ1) is 8.45. The molecule has 0 aliphatic carbocycles. The number of hydrogen-bond donors (Lipinski definition) is 0. The van der Waals surface area contributed by atoms with E-state index in [0.29, 0.717) is 18.1 Å². The number of sulfonamides is 1. The summed E-state index contributed by atoms with van der Waals surface area (Å²) in [7, 11) is -3.17. The van der Waals surface area contributed by atoms with Crippen molar-refractivity contribution >= 4 is 21.6 Å². The summed E-state index contributed by atoms with van der Waals surface area (Å²) in [6.07, 6.45) is 5.44. The van der Waals surface area contributed by atoms with E-state index in [1.165, 1.54) is 23.0 Å². The number of hydrogen-bond acceptors (Lipinski definition) is 5. The molecule has 0 aromatic carbocycles. The molecule has 1 aliphatic heterocycles. The Morgan fingerprint density at radius 3 is 2.72 bits per heavy atom. The van der Waals surface area contributed by atoms with E-state index in [2.05, 4.69) is 9.97 Å². The van der Waals surface area contributed by atoms with Gasteiger partial charge in [-0.1, -0.05) is 11.6 Å². The number of piperidine rings is 1. The van der Waals surface area contributed by atoms with Crippen LogP contribution < -0.4 is 4.74 Å². The largest absolute Gasteiger partial charge is 0.459 e. The maximum Gasteiger partial charge on any atom is 0.316 e. The Morgan fingerprint density at radius 1 is 1.44 bits per heavy atom. The lowest BCUT2D eigenvalue weighted by Gasteiger charge is -2.30. The molecule has 0 radical (unpaired) electrons. The predicted molar refractivity (Wildman–Crippen MR) is 67.1 cm³/mol. The molecule has 1 aromatic rings. The van der Waals surface area contributed by atoms with Crippen LogP contribution in [-0.2, 0) is 10.0 Å². The zero-order valence-electron chi connectivity index (χ0n) is 9.91. The van der Waals surface area contributed by atoms with Crippen molar-refractivity contribution in [2.24, 2.45) is 0 Å². The SMILES string of the molecule is CS(=O)(=O)N1CCC[C@@H](Oc2ncc(Cl)cn2)C1. The molecule has 2 rings (SSSR count). The molecule has 1 aromatic heterocycles. The summed E-state index contributed by atoms with van der Waals surface area (Å²) < 4.78 is 29.9. The lowest BCUT2D eigenvalue weighted by atomic mass is 10.1. The van der Waals surface area contributed by atoms with Crippen molar-refractivity contribution < 1.29 is 13.2 Å². The second-order valence-corrected chi connectivity index (χ2v) is 6.61. The lowest BCUT2D eigenvalue weighted by molar-refractivity contribution is 0.119. The summed E-state index contributed by atoms with van der Waals surface area (Å²) in [5.41, 5.74) is 0. The maximum absolute atomic E-state index is 11.5. The van der Waals surface area contributed by atoms with E-state index in [1.807, 2.05) is 0 Å². The fraction of sp³-hybridized carbons (Fsp3) is 0.600. The second-order valence-electron chi connectivity index (χ2n) is 4.19. The molecule has 0 amide bonds. The third kappa shape index (κ3) is 3.54. The summed E-state index contributed by atoms with van der Waals surface area (Å²) in [5.74, 6) is 0. The van der Waals surface area contributed by atoms with Gasteiger partial charge in [0.1, 0.15) is 6.10 Å². The highest BCUT2D eigenvalue weighted by atomic mass is 35.5. The molecular formula is C10H14ClN3O3S. The molecule has 8 heteroatoms. The van der Waals surface area contributed by atoms with E-state index in [4.69, 9.17) is 16.3 Å². The Balaban J connectivity index is 2.00. The van der Waals surface area contributed by atoms with Gasteiger partial charge in [-0.05, 0) is 12.8 Å². The third-order valence-corrected chi connectivity index (χ3v) is 4.14. The van der Waals surface area contributed by atoms with E-state index < -0.39 is 10.0 Å². The highest BCUT2D eigenvalue weighted by Gasteiger charge is 2.27. The van der Waals surface area contributed by atoms with Crippen molar-refractivity contribution in [3.8, 4) is 6.01 Å². The smallest absolute Gasteiger partial charge is 0.316 e. The molecular weight excluding hydrogens is 278 g/mol. The highest BCUT2D eigenvalue weighted by molar-refractivity contribution is 7.88. The van der Waals surface area contributed by atoms with Crippen LogP contribution in [0.5, 0.6) is 6.01 Å². The third-order valence-electron chi connectivity index (χ3n) is 2.68. The minimum atomic E-state index is -3.17. The number of halogens is 1. The van der Waals surface area contributed by atoms with Crippen molar-refractivity contribution in [3.05, 3.63) is 17.4 Å². The number of rotatable bonds is 3. The van der Waals surface area contributed by atoms with E-state index in [1.54, 1.807) is 0 Å². The summed E-state index contributed by atoms with van der Waals surface area (Å²) in [6, 6.07) is 0.222. The van der Waals surface area contributed by atoms with Crippen LogP contribution in [0.4, 0.5) is 0 Å². The number of ether oxygens (including phenoxy) is 1. The quantitative estimate of drug-likeness (QED) is 0.828.